The van der Waals surface area contributed by atoms with Gasteiger partial charge in [-0.1, -0.05) is 36.4 Å². The minimum absolute atomic E-state index is 0.0668. The highest BCUT2D eigenvalue weighted by molar-refractivity contribution is 6.32. The molecule has 0 spiro atoms. The van der Waals surface area contributed by atoms with Crippen LogP contribution in [0.5, 0.6) is 11.5 Å². The molecule has 0 radical (unpaired) electrons. The van der Waals surface area contributed by atoms with Crippen LogP contribution in [0.3, 0.4) is 0 Å². The van der Waals surface area contributed by atoms with Crippen LogP contribution in [-0.2, 0) is 4.79 Å². The standard InChI is InChI=1S/C25H22ClN7O2/c1-2-22(34)32-10-12-33(13-11-32)25-27-15-20-23(31-25)24(29-16-28-20)30-17-8-9-21(19(26)14-17)35-18-6-4-3-5-7-18/h2-9,14-16H,1,10-13H2,(H,28,29,30). The number of hydrogen-bond acceptors (Lipinski definition) is 8. The predicted octanol–water partition coefficient (Wildman–Crippen LogP) is 4.44. The van der Waals surface area contributed by atoms with Crippen molar-refractivity contribution in [2.75, 3.05) is 36.4 Å². The van der Waals surface area contributed by atoms with E-state index in [9.17, 15) is 4.79 Å². The molecule has 10 heteroatoms. The molecule has 0 unspecified atom stereocenters. The Labute approximate surface area is 207 Å². The summed E-state index contributed by atoms with van der Waals surface area (Å²) in [4.78, 5) is 33.5. The average molecular weight is 488 g/mol. The fraction of sp³-hybridized carbons (Fsp3) is 0.160. The summed E-state index contributed by atoms with van der Waals surface area (Å²) >= 11 is 6.47. The Morgan fingerprint density at radius 2 is 1.86 bits per heavy atom. The number of anilines is 3. The van der Waals surface area contributed by atoms with Gasteiger partial charge in [0.25, 0.3) is 0 Å². The van der Waals surface area contributed by atoms with Gasteiger partial charge in [-0.25, -0.2) is 19.9 Å². The Kier molecular flexibility index (Phi) is 6.40. The second kappa shape index (κ2) is 9.94. The van der Waals surface area contributed by atoms with Crippen molar-refractivity contribution in [1.82, 2.24) is 24.8 Å². The zero-order chi connectivity index (χ0) is 24.2. The van der Waals surface area contributed by atoms with Crippen LogP contribution in [0.15, 0.2) is 73.7 Å². The van der Waals surface area contributed by atoms with Crippen LogP contribution < -0.4 is 15.0 Å². The number of aromatic nitrogens is 4. The number of hydrogen-bond donors (Lipinski definition) is 1. The van der Waals surface area contributed by atoms with Crippen molar-refractivity contribution < 1.29 is 9.53 Å². The highest BCUT2D eigenvalue weighted by atomic mass is 35.5. The first-order valence-corrected chi connectivity index (χ1v) is 11.4. The van der Waals surface area contributed by atoms with E-state index in [0.29, 0.717) is 65.5 Å². The molecule has 176 valence electrons. The lowest BCUT2D eigenvalue weighted by Gasteiger charge is -2.34. The lowest BCUT2D eigenvalue weighted by Crippen LogP contribution is -2.48. The topological polar surface area (TPSA) is 96.4 Å². The molecule has 0 saturated carbocycles. The van der Waals surface area contributed by atoms with E-state index < -0.39 is 0 Å². The third-order valence-electron chi connectivity index (χ3n) is 5.58. The molecule has 1 saturated heterocycles. The first kappa shape index (κ1) is 22.5. The molecule has 1 N–H and O–H groups in total. The Balaban J connectivity index is 1.35. The molecule has 1 amide bonds. The van der Waals surface area contributed by atoms with Crippen molar-refractivity contribution in [3.05, 3.63) is 78.7 Å². The van der Waals surface area contributed by atoms with E-state index in [1.807, 2.05) is 41.3 Å². The van der Waals surface area contributed by atoms with Crippen LogP contribution in [0, 0.1) is 0 Å². The first-order chi connectivity index (χ1) is 17.1. The Bertz CT molecular complexity index is 1380. The summed E-state index contributed by atoms with van der Waals surface area (Å²) < 4.78 is 5.86. The number of para-hydroxylation sites is 1. The van der Waals surface area contributed by atoms with Gasteiger partial charge in [0.2, 0.25) is 11.9 Å². The summed E-state index contributed by atoms with van der Waals surface area (Å²) in [6.07, 6.45) is 4.47. The molecule has 9 nitrogen and oxygen atoms in total. The van der Waals surface area contributed by atoms with Crippen LogP contribution in [0.1, 0.15) is 0 Å². The summed E-state index contributed by atoms with van der Waals surface area (Å²) in [5.74, 6) is 2.28. The molecule has 4 aromatic rings. The maximum absolute atomic E-state index is 11.9. The fourth-order valence-electron chi connectivity index (χ4n) is 3.76. The molecule has 3 heterocycles. The monoisotopic (exact) mass is 487 g/mol. The van der Waals surface area contributed by atoms with E-state index in [4.69, 9.17) is 21.3 Å². The molecule has 5 rings (SSSR count). The van der Waals surface area contributed by atoms with Gasteiger partial charge in [0.1, 0.15) is 28.9 Å². The van der Waals surface area contributed by atoms with Crippen molar-refractivity contribution in [1.29, 1.82) is 0 Å². The molecule has 0 aliphatic carbocycles. The molecule has 35 heavy (non-hydrogen) atoms. The van der Waals surface area contributed by atoms with Crippen molar-refractivity contribution in [3.8, 4) is 11.5 Å². The van der Waals surface area contributed by atoms with Crippen LogP contribution in [0.4, 0.5) is 17.5 Å². The summed E-state index contributed by atoms with van der Waals surface area (Å²) in [5.41, 5.74) is 1.93. The fourth-order valence-corrected chi connectivity index (χ4v) is 3.98. The van der Waals surface area contributed by atoms with Crippen molar-refractivity contribution >= 4 is 46.0 Å². The highest BCUT2D eigenvalue weighted by Gasteiger charge is 2.22. The number of piperazine rings is 1. The Morgan fingerprint density at radius 1 is 1.06 bits per heavy atom. The minimum atomic E-state index is -0.0668. The van der Waals surface area contributed by atoms with Gasteiger partial charge in [-0.15, -0.1) is 0 Å². The molecular weight excluding hydrogens is 466 g/mol. The van der Waals surface area contributed by atoms with Gasteiger partial charge in [0.15, 0.2) is 5.82 Å². The molecule has 1 aliphatic heterocycles. The summed E-state index contributed by atoms with van der Waals surface area (Å²) in [6.45, 7) is 5.97. The molecule has 0 bridgehead atoms. The maximum Gasteiger partial charge on any atom is 0.246 e. The van der Waals surface area contributed by atoms with E-state index in [1.54, 1.807) is 23.2 Å². The first-order valence-electron chi connectivity index (χ1n) is 11.0. The number of carbonyl (C=O) groups is 1. The largest absolute Gasteiger partial charge is 0.456 e. The summed E-state index contributed by atoms with van der Waals surface area (Å²) in [6, 6.07) is 14.9. The lowest BCUT2D eigenvalue weighted by molar-refractivity contribution is -0.126. The number of benzene rings is 2. The number of ether oxygens (including phenoxy) is 1. The van der Waals surface area contributed by atoms with Crippen molar-refractivity contribution in [3.63, 3.8) is 0 Å². The molecule has 2 aromatic heterocycles. The van der Waals surface area contributed by atoms with Crippen LogP contribution in [-0.4, -0.2) is 56.9 Å². The maximum atomic E-state index is 11.9. The zero-order valence-corrected chi connectivity index (χ0v) is 19.5. The van der Waals surface area contributed by atoms with E-state index in [0.717, 1.165) is 5.69 Å². The molecule has 1 aliphatic rings. The summed E-state index contributed by atoms with van der Waals surface area (Å²) in [5, 5.41) is 3.73. The smallest absolute Gasteiger partial charge is 0.246 e. The van der Waals surface area contributed by atoms with Gasteiger partial charge in [-0.3, -0.25) is 4.79 Å². The van der Waals surface area contributed by atoms with Gasteiger partial charge in [-0.05, 0) is 36.4 Å². The second-order valence-electron chi connectivity index (χ2n) is 7.83. The number of fused-ring (bicyclic) bond motifs is 1. The van der Waals surface area contributed by atoms with Gasteiger partial charge in [0.05, 0.1) is 11.2 Å². The SMILES string of the molecule is C=CC(=O)N1CCN(c2ncc3ncnc(Nc4ccc(Oc5ccccc5)c(Cl)c4)c3n2)CC1. The molecule has 2 aromatic carbocycles. The number of halogens is 1. The lowest BCUT2D eigenvalue weighted by atomic mass is 10.3. The van der Waals surface area contributed by atoms with E-state index in [2.05, 4.69) is 26.8 Å². The van der Waals surface area contributed by atoms with E-state index >= 15 is 0 Å². The van der Waals surface area contributed by atoms with Gasteiger partial charge < -0.3 is 19.9 Å². The number of nitrogens with one attached hydrogen (secondary N) is 1. The highest BCUT2D eigenvalue weighted by Crippen LogP contribution is 2.33. The van der Waals surface area contributed by atoms with Crippen LogP contribution in [0.2, 0.25) is 5.02 Å². The van der Waals surface area contributed by atoms with Gasteiger partial charge in [-0.2, -0.15) is 0 Å². The average Bonchev–Trinajstić information content (AvgIpc) is 2.90. The Morgan fingerprint density at radius 3 is 2.60 bits per heavy atom. The number of nitrogens with zero attached hydrogens (tertiary/aromatic N) is 6. The predicted molar refractivity (Wildman–Crippen MR) is 135 cm³/mol. The summed E-state index contributed by atoms with van der Waals surface area (Å²) in [7, 11) is 0. The van der Waals surface area contributed by atoms with Crippen molar-refractivity contribution in [2.24, 2.45) is 0 Å². The van der Waals surface area contributed by atoms with Crippen molar-refractivity contribution in [2.45, 2.75) is 0 Å². The molecular formula is C25H22ClN7O2. The van der Waals surface area contributed by atoms with Crippen LogP contribution >= 0.6 is 11.6 Å². The number of rotatable bonds is 6. The minimum Gasteiger partial charge on any atom is -0.456 e. The van der Waals surface area contributed by atoms with Gasteiger partial charge in [0, 0.05) is 31.9 Å². The zero-order valence-electron chi connectivity index (χ0n) is 18.8. The number of amides is 1. The number of carbonyl (C=O) groups excluding carboxylic acids is 1. The molecule has 1 fully saturated rings. The van der Waals surface area contributed by atoms with Gasteiger partial charge >= 0.3 is 0 Å². The normalized spacial score (nSPS) is 13.5. The van der Waals surface area contributed by atoms with E-state index in [-0.39, 0.29) is 5.91 Å². The molecule has 0 atom stereocenters. The Hall–Kier alpha value is -4.24. The second-order valence-corrected chi connectivity index (χ2v) is 8.24. The third-order valence-corrected chi connectivity index (χ3v) is 5.87. The van der Waals surface area contributed by atoms with Crippen LogP contribution in [0.25, 0.3) is 11.0 Å². The quantitative estimate of drug-likeness (QED) is 0.399. The third kappa shape index (κ3) is 4.99. The van der Waals surface area contributed by atoms with E-state index in [1.165, 1.54) is 12.4 Å².